The average molecular weight is 402 g/mol. The molecule has 0 saturated carbocycles. The summed E-state index contributed by atoms with van der Waals surface area (Å²) in [5.74, 6) is 0. The molecule has 0 unspecified atom stereocenters. The zero-order chi connectivity index (χ0) is 21.5. The molecule has 5 aromatic rings. The predicted octanol–water partition coefficient (Wildman–Crippen LogP) is 7.00. The molecule has 6 rings (SSSR count). The zero-order valence-electron chi connectivity index (χ0n) is 18.0. The van der Waals surface area contributed by atoms with Crippen LogP contribution in [0.15, 0.2) is 89.8 Å². The van der Waals surface area contributed by atoms with Crippen molar-refractivity contribution < 1.29 is 0 Å². The van der Waals surface area contributed by atoms with E-state index in [0.717, 1.165) is 32.6 Å². The first kappa shape index (κ1) is 18.1. The molecule has 2 aromatic heterocycles. The number of aromatic nitrogens is 1. The molecule has 1 aliphatic carbocycles. The second-order valence-corrected chi connectivity index (χ2v) is 8.93. The highest BCUT2D eigenvalue weighted by atomic mass is 16.1. The van der Waals surface area contributed by atoms with Crippen molar-refractivity contribution in [2.75, 3.05) is 0 Å². The Bertz CT molecular complexity index is 1690. The van der Waals surface area contributed by atoms with E-state index in [2.05, 4.69) is 75.9 Å². The Hall–Kier alpha value is -3.65. The molecule has 0 radical (unpaired) electrons. The summed E-state index contributed by atoms with van der Waals surface area (Å²) >= 11 is 0. The molecule has 2 heteroatoms. The predicted molar refractivity (Wildman–Crippen MR) is 132 cm³/mol. The van der Waals surface area contributed by atoms with Crippen molar-refractivity contribution in [3.63, 3.8) is 0 Å². The molecule has 150 valence electrons. The third kappa shape index (κ3) is 2.05. The van der Waals surface area contributed by atoms with Crippen molar-refractivity contribution in [2.24, 2.45) is 0 Å². The van der Waals surface area contributed by atoms with E-state index in [-0.39, 0.29) is 11.0 Å². The molecule has 0 spiro atoms. The molecule has 3 aromatic carbocycles. The van der Waals surface area contributed by atoms with Crippen LogP contribution in [0.2, 0.25) is 0 Å². The summed E-state index contributed by atoms with van der Waals surface area (Å²) in [5.41, 5.74) is 6.82. The van der Waals surface area contributed by atoms with Crippen LogP contribution in [0.1, 0.15) is 31.9 Å². The maximum atomic E-state index is 13.6. The van der Waals surface area contributed by atoms with Crippen molar-refractivity contribution >= 4 is 43.5 Å². The Labute approximate surface area is 180 Å². The van der Waals surface area contributed by atoms with E-state index < -0.39 is 0 Å². The highest BCUT2D eigenvalue weighted by Gasteiger charge is 2.38. The Morgan fingerprint density at radius 3 is 2.35 bits per heavy atom. The number of allylic oxidation sites excluding steroid dienone is 5. The second-order valence-electron chi connectivity index (χ2n) is 8.93. The van der Waals surface area contributed by atoms with Crippen LogP contribution in [0, 0.1) is 0 Å². The number of hydrogen-bond acceptors (Lipinski definition) is 1. The van der Waals surface area contributed by atoms with Crippen LogP contribution >= 0.6 is 0 Å². The van der Waals surface area contributed by atoms with E-state index in [4.69, 9.17) is 0 Å². The van der Waals surface area contributed by atoms with Gasteiger partial charge in [0.2, 0.25) is 0 Å². The van der Waals surface area contributed by atoms with E-state index in [0.29, 0.717) is 0 Å². The Morgan fingerprint density at radius 2 is 1.61 bits per heavy atom. The van der Waals surface area contributed by atoms with Crippen LogP contribution in [0.25, 0.3) is 43.5 Å². The maximum Gasteiger partial charge on any atom is 0.263 e. The summed E-state index contributed by atoms with van der Waals surface area (Å²) in [7, 11) is 0. The number of para-hydroxylation sites is 1. The first-order valence-electron chi connectivity index (χ1n) is 10.8. The standard InChI is InChI=1S/C29H23NO/c1-5-10-23-17(6-2)19-15-16-24-25(26(19)29(23,3)4)22-14-9-13-20-18-11-7-8-12-21(18)28(31)30(24)27(20)22/h5-16H,2H2,1,3-4H3/b10-5-. The maximum absolute atomic E-state index is 13.6. The largest absolute Gasteiger partial charge is 0.275 e. The molecule has 0 fully saturated rings. The van der Waals surface area contributed by atoms with Crippen molar-refractivity contribution in [2.45, 2.75) is 26.2 Å². The summed E-state index contributed by atoms with van der Waals surface area (Å²) in [4.78, 5) is 13.6. The number of pyridine rings is 1. The number of benzene rings is 3. The van der Waals surface area contributed by atoms with Crippen molar-refractivity contribution in [1.29, 1.82) is 0 Å². The molecule has 0 aliphatic heterocycles. The zero-order valence-corrected chi connectivity index (χ0v) is 18.0. The monoisotopic (exact) mass is 401 g/mol. The summed E-state index contributed by atoms with van der Waals surface area (Å²) in [6, 6.07) is 18.6. The van der Waals surface area contributed by atoms with Gasteiger partial charge in [0.1, 0.15) is 0 Å². The number of rotatable bonds is 2. The topological polar surface area (TPSA) is 21.5 Å². The lowest BCUT2D eigenvalue weighted by molar-refractivity contribution is 0.660. The summed E-state index contributed by atoms with van der Waals surface area (Å²) < 4.78 is 1.93. The van der Waals surface area contributed by atoms with E-state index >= 15 is 0 Å². The SMILES string of the molecule is C=CC1=C(/C=C\C)C(C)(C)c2c1ccc1c2c2cccc3c4ccccc4c(=O)n1c32. The van der Waals surface area contributed by atoms with Crippen molar-refractivity contribution in [3.8, 4) is 0 Å². The minimum Gasteiger partial charge on any atom is -0.275 e. The molecule has 2 nitrogen and oxygen atoms in total. The first-order valence-corrected chi connectivity index (χ1v) is 10.8. The van der Waals surface area contributed by atoms with Crippen LogP contribution < -0.4 is 5.56 Å². The fraction of sp³-hybridized carbons (Fsp3) is 0.138. The van der Waals surface area contributed by atoms with Gasteiger partial charge in [0, 0.05) is 27.0 Å². The van der Waals surface area contributed by atoms with E-state index in [1.807, 2.05) is 28.7 Å². The first-order chi connectivity index (χ1) is 15.0. The van der Waals surface area contributed by atoms with Gasteiger partial charge in [-0.3, -0.25) is 9.20 Å². The van der Waals surface area contributed by atoms with Gasteiger partial charge in [0.25, 0.3) is 5.56 Å². The molecule has 2 heterocycles. The highest BCUT2D eigenvalue weighted by molar-refractivity contribution is 6.22. The van der Waals surface area contributed by atoms with Crippen LogP contribution in [-0.2, 0) is 5.41 Å². The average Bonchev–Trinajstić information content (AvgIpc) is 3.22. The third-order valence-electron chi connectivity index (χ3n) is 7.02. The van der Waals surface area contributed by atoms with E-state index in [1.54, 1.807) is 0 Å². The quantitative estimate of drug-likeness (QED) is 0.292. The fourth-order valence-corrected chi connectivity index (χ4v) is 5.79. The number of fused-ring (bicyclic) bond motifs is 7. The van der Waals surface area contributed by atoms with Crippen LogP contribution in [0.5, 0.6) is 0 Å². The van der Waals surface area contributed by atoms with Gasteiger partial charge in [-0.1, -0.05) is 81.1 Å². The number of nitrogens with zero attached hydrogens (tertiary/aromatic N) is 1. The Kier molecular flexibility index (Phi) is 3.48. The van der Waals surface area contributed by atoms with Gasteiger partial charge in [-0.2, -0.15) is 0 Å². The Morgan fingerprint density at radius 1 is 0.903 bits per heavy atom. The lowest BCUT2D eigenvalue weighted by atomic mass is 9.79. The molecule has 0 bridgehead atoms. The molecule has 0 saturated heterocycles. The highest BCUT2D eigenvalue weighted by Crippen LogP contribution is 2.52. The van der Waals surface area contributed by atoms with Crippen LogP contribution in [0.3, 0.4) is 0 Å². The second kappa shape index (κ2) is 5.95. The summed E-state index contributed by atoms with van der Waals surface area (Å²) in [5, 5.41) is 5.23. The molecule has 1 aliphatic rings. The molecular formula is C29H23NO. The van der Waals surface area contributed by atoms with Crippen molar-refractivity contribution in [1.82, 2.24) is 4.40 Å². The van der Waals surface area contributed by atoms with Crippen LogP contribution in [0.4, 0.5) is 0 Å². The van der Waals surface area contributed by atoms with Crippen molar-refractivity contribution in [3.05, 3.63) is 106 Å². The molecule has 31 heavy (non-hydrogen) atoms. The lowest BCUT2D eigenvalue weighted by Gasteiger charge is -2.24. The van der Waals surface area contributed by atoms with Gasteiger partial charge in [-0.25, -0.2) is 0 Å². The van der Waals surface area contributed by atoms with Crippen LogP contribution in [-0.4, -0.2) is 4.40 Å². The smallest absolute Gasteiger partial charge is 0.263 e. The lowest BCUT2D eigenvalue weighted by Crippen LogP contribution is -2.17. The van der Waals surface area contributed by atoms with Gasteiger partial charge in [0.05, 0.1) is 11.0 Å². The molecule has 0 amide bonds. The third-order valence-corrected chi connectivity index (χ3v) is 7.02. The van der Waals surface area contributed by atoms with Gasteiger partial charge < -0.3 is 0 Å². The van der Waals surface area contributed by atoms with Gasteiger partial charge in [0.15, 0.2) is 0 Å². The minimum absolute atomic E-state index is 0.0515. The van der Waals surface area contributed by atoms with Gasteiger partial charge in [-0.05, 0) is 46.7 Å². The fourth-order valence-electron chi connectivity index (χ4n) is 5.79. The van der Waals surface area contributed by atoms with E-state index in [9.17, 15) is 4.79 Å². The normalized spacial score (nSPS) is 15.8. The molecular weight excluding hydrogens is 378 g/mol. The number of hydrogen-bond donors (Lipinski definition) is 0. The Balaban J connectivity index is 1.92. The van der Waals surface area contributed by atoms with Gasteiger partial charge >= 0.3 is 0 Å². The molecule has 0 N–H and O–H groups in total. The van der Waals surface area contributed by atoms with E-state index in [1.165, 1.54) is 27.7 Å². The summed E-state index contributed by atoms with van der Waals surface area (Å²) in [6.07, 6.45) is 6.27. The molecule has 0 atom stereocenters. The minimum atomic E-state index is -0.191. The van der Waals surface area contributed by atoms with Gasteiger partial charge in [-0.15, -0.1) is 0 Å². The summed E-state index contributed by atoms with van der Waals surface area (Å²) in [6.45, 7) is 10.7.